The van der Waals surface area contributed by atoms with E-state index in [1.165, 1.54) is 24.3 Å². The third-order valence-corrected chi connectivity index (χ3v) is 3.23. The number of hydrogen-bond acceptors (Lipinski definition) is 4. The maximum atomic E-state index is 11.9. The first-order valence-corrected chi connectivity index (χ1v) is 7.43. The number of phenolic OH excluding ortho intramolecular Hbond substituents is 1. The van der Waals surface area contributed by atoms with Crippen LogP contribution < -0.4 is 10.7 Å². The monoisotopic (exact) mass is 325 g/mol. The molecule has 0 aromatic heterocycles. The number of carbonyl (C=O) groups is 2. The first-order valence-electron chi connectivity index (χ1n) is 7.43. The molecule has 0 aliphatic carbocycles. The smallest absolute Gasteiger partial charge is 0.271 e. The van der Waals surface area contributed by atoms with Gasteiger partial charge in [0.05, 0.1) is 6.42 Å². The molecule has 0 unspecified atom stereocenters. The van der Waals surface area contributed by atoms with Crippen molar-refractivity contribution in [1.82, 2.24) is 5.43 Å². The van der Waals surface area contributed by atoms with E-state index >= 15 is 0 Å². The fraction of sp³-hybridized carbons (Fsp3) is 0.167. The van der Waals surface area contributed by atoms with Crippen molar-refractivity contribution >= 4 is 23.2 Å². The van der Waals surface area contributed by atoms with Crippen molar-refractivity contribution in [2.45, 2.75) is 20.3 Å². The number of amides is 2. The Morgan fingerprint density at radius 3 is 2.29 bits per heavy atom. The molecule has 6 heteroatoms. The van der Waals surface area contributed by atoms with Gasteiger partial charge in [0.1, 0.15) is 5.75 Å². The van der Waals surface area contributed by atoms with Crippen LogP contribution in [0.15, 0.2) is 53.6 Å². The van der Waals surface area contributed by atoms with E-state index < -0.39 is 5.91 Å². The van der Waals surface area contributed by atoms with Gasteiger partial charge in [-0.1, -0.05) is 17.7 Å². The molecule has 0 atom stereocenters. The molecule has 2 amide bonds. The van der Waals surface area contributed by atoms with Crippen molar-refractivity contribution < 1.29 is 14.7 Å². The van der Waals surface area contributed by atoms with Gasteiger partial charge in [0.15, 0.2) is 0 Å². The SMILES string of the molecule is C/C(CC(=O)Nc1ccc(C)cc1)=N\NC(=O)c1ccc(O)cc1. The van der Waals surface area contributed by atoms with E-state index in [2.05, 4.69) is 15.8 Å². The van der Waals surface area contributed by atoms with Crippen LogP contribution in [0.25, 0.3) is 0 Å². The normalized spacial score (nSPS) is 11.0. The van der Waals surface area contributed by atoms with Crippen LogP contribution in [-0.2, 0) is 4.79 Å². The van der Waals surface area contributed by atoms with Gasteiger partial charge in [-0.25, -0.2) is 5.43 Å². The van der Waals surface area contributed by atoms with Gasteiger partial charge in [-0.3, -0.25) is 9.59 Å². The summed E-state index contributed by atoms with van der Waals surface area (Å²) >= 11 is 0. The second-order valence-corrected chi connectivity index (χ2v) is 5.43. The molecule has 0 aliphatic rings. The number of aryl methyl sites for hydroxylation is 1. The molecule has 2 rings (SSSR count). The van der Waals surface area contributed by atoms with Crippen LogP contribution in [0.1, 0.15) is 29.3 Å². The summed E-state index contributed by atoms with van der Waals surface area (Å²) in [4.78, 5) is 23.8. The van der Waals surface area contributed by atoms with Gasteiger partial charge in [-0.15, -0.1) is 0 Å². The van der Waals surface area contributed by atoms with Crippen LogP contribution in [0.3, 0.4) is 0 Å². The molecule has 0 aliphatic heterocycles. The highest BCUT2D eigenvalue weighted by atomic mass is 16.3. The number of nitrogens with one attached hydrogen (secondary N) is 2. The molecule has 0 bridgehead atoms. The van der Waals surface area contributed by atoms with Gasteiger partial charge in [0.2, 0.25) is 5.91 Å². The van der Waals surface area contributed by atoms with Crippen LogP contribution in [0.4, 0.5) is 5.69 Å². The molecule has 124 valence electrons. The number of aromatic hydroxyl groups is 1. The number of rotatable bonds is 5. The maximum Gasteiger partial charge on any atom is 0.271 e. The summed E-state index contributed by atoms with van der Waals surface area (Å²) in [5, 5.41) is 15.9. The van der Waals surface area contributed by atoms with E-state index in [-0.39, 0.29) is 18.1 Å². The number of benzene rings is 2. The lowest BCUT2D eigenvalue weighted by molar-refractivity contribution is -0.115. The van der Waals surface area contributed by atoms with E-state index in [0.717, 1.165) is 5.56 Å². The zero-order valence-electron chi connectivity index (χ0n) is 13.5. The molecule has 0 radical (unpaired) electrons. The number of hydrazone groups is 1. The molecule has 2 aromatic rings. The maximum absolute atomic E-state index is 11.9. The topological polar surface area (TPSA) is 90.8 Å². The summed E-state index contributed by atoms with van der Waals surface area (Å²) in [6, 6.07) is 13.3. The molecular formula is C18H19N3O3. The quantitative estimate of drug-likeness (QED) is 0.583. The number of phenols is 1. The van der Waals surface area contributed by atoms with Crippen LogP contribution in [0, 0.1) is 6.92 Å². The molecule has 3 N–H and O–H groups in total. The Balaban J connectivity index is 1.86. The third-order valence-electron chi connectivity index (χ3n) is 3.23. The fourth-order valence-corrected chi connectivity index (χ4v) is 1.94. The van der Waals surface area contributed by atoms with Gasteiger partial charge in [-0.2, -0.15) is 5.10 Å². The minimum Gasteiger partial charge on any atom is -0.508 e. The van der Waals surface area contributed by atoms with Gasteiger partial charge in [0.25, 0.3) is 5.91 Å². The Morgan fingerprint density at radius 1 is 1.04 bits per heavy atom. The first kappa shape index (κ1) is 17.2. The van der Waals surface area contributed by atoms with Crippen LogP contribution >= 0.6 is 0 Å². The Hall–Kier alpha value is -3.15. The molecule has 0 fully saturated rings. The van der Waals surface area contributed by atoms with Gasteiger partial charge < -0.3 is 10.4 Å². The van der Waals surface area contributed by atoms with E-state index in [1.54, 1.807) is 6.92 Å². The Kier molecular flexibility index (Phi) is 5.68. The summed E-state index contributed by atoms with van der Waals surface area (Å²) in [7, 11) is 0. The minimum absolute atomic E-state index is 0.0731. The van der Waals surface area contributed by atoms with Gasteiger partial charge in [-0.05, 0) is 50.2 Å². The van der Waals surface area contributed by atoms with Crippen molar-refractivity contribution in [3.63, 3.8) is 0 Å². The molecular weight excluding hydrogens is 306 g/mol. The molecule has 0 saturated carbocycles. The summed E-state index contributed by atoms with van der Waals surface area (Å²) in [5.74, 6) is -0.536. The van der Waals surface area contributed by atoms with Gasteiger partial charge in [0, 0.05) is 17.0 Å². The molecule has 0 saturated heterocycles. The van der Waals surface area contributed by atoms with Crippen LogP contribution in [0.5, 0.6) is 5.75 Å². The number of nitrogens with zero attached hydrogens (tertiary/aromatic N) is 1. The zero-order valence-corrected chi connectivity index (χ0v) is 13.5. The highest BCUT2D eigenvalue weighted by Crippen LogP contribution is 2.10. The number of anilines is 1. The molecule has 6 nitrogen and oxygen atoms in total. The predicted octanol–water partition coefficient (Wildman–Crippen LogP) is 2.84. The van der Waals surface area contributed by atoms with E-state index in [0.29, 0.717) is 17.0 Å². The summed E-state index contributed by atoms with van der Waals surface area (Å²) in [5.41, 5.74) is 5.06. The van der Waals surface area contributed by atoms with Gasteiger partial charge >= 0.3 is 0 Å². The third kappa shape index (κ3) is 5.24. The first-order chi connectivity index (χ1) is 11.4. The van der Waals surface area contributed by atoms with E-state index in [1.807, 2.05) is 31.2 Å². The van der Waals surface area contributed by atoms with E-state index in [4.69, 9.17) is 0 Å². The fourth-order valence-electron chi connectivity index (χ4n) is 1.94. The standard InChI is InChI=1S/C18H19N3O3/c1-12-3-7-15(8-4-12)19-17(23)11-13(2)20-21-18(24)14-5-9-16(22)10-6-14/h3-10,22H,11H2,1-2H3,(H,19,23)(H,21,24)/b20-13+. The molecule has 0 heterocycles. The van der Waals surface area contributed by atoms with Crippen molar-refractivity contribution in [2.24, 2.45) is 5.10 Å². The average molecular weight is 325 g/mol. The Labute approximate surface area is 140 Å². The van der Waals surface area contributed by atoms with E-state index in [9.17, 15) is 14.7 Å². The summed E-state index contributed by atoms with van der Waals surface area (Å²) < 4.78 is 0. The van der Waals surface area contributed by atoms with Crippen LogP contribution in [-0.4, -0.2) is 22.6 Å². The van der Waals surface area contributed by atoms with Crippen molar-refractivity contribution in [1.29, 1.82) is 0 Å². The summed E-state index contributed by atoms with van der Waals surface area (Å²) in [6.07, 6.45) is 0.0731. The minimum atomic E-state index is -0.409. The van der Waals surface area contributed by atoms with Crippen LogP contribution in [0.2, 0.25) is 0 Å². The molecule has 2 aromatic carbocycles. The molecule has 24 heavy (non-hydrogen) atoms. The second-order valence-electron chi connectivity index (χ2n) is 5.43. The summed E-state index contributed by atoms with van der Waals surface area (Å²) in [6.45, 7) is 3.63. The average Bonchev–Trinajstić information content (AvgIpc) is 2.55. The number of hydrogen-bond donors (Lipinski definition) is 3. The largest absolute Gasteiger partial charge is 0.508 e. The highest BCUT2D eigenvalue weighted by Gasteiger charge is 2.07. The highest BCUT2D eigenvalue weighted by molar-refractivity contribution is 6.06. The Morgan fingerprint density at radius 2 is 1.67 bits per heavy atom. The second kappa shape index (κ2) is 7.92. The molecule has 0 spiro atoms. The van der Waals surface area contributed by atoms with Crippen molar-refractivity contribution in [3.05, 3.63) is 59.7 Å². The van der Waals surface area contributed by atoms with Crippen molar-refractivity contribution in [2.75, 3.05) is 5.32 Å². The Bertz CT molecular complexity index is 750. The lowest BCUT2D eigenvalue weighted by Crippen LogP contribution is -2.21. The zero-order chi connectivity index (χ0) is 17.5. The van der Waals surface area contributed by atoms with Crippen molar-refractivity contribution in [3.8, 4) is 5.75 Å². The lowest BCUT2D eigenvalue weighted by atomic mass is 10.2. The number of carbonyl (C=O) groups excluding carboxylic acids is 2. The predicted molar refractivity (Wildman–Crippen MR) is 93.1 cm³/mol. The lowest BCUT2D eigenvalue weighted by Gasteiger charge is -2.06.